The average molecular weight is 455 g/mol. The number of halogens is 1. The van der Waals surface area contributed by atoms with Crippen molar-refractivity contribution in [2.45, 2.75) is 39.2 Å². The Kier molecular flexibility index (Phi) is 5.90. The van der Waals surface area contributed by atoms with E-state index >= 15 is 0 Å². The van der Waals surface area contributed by atoms with Gasteiger partial charge in [-0.1, -0.05) is 0 Å². The van der Waals surface area contributed by atoms with Gasteiger partial charge in [-0.15, -0.1) is 0 Å². The smallest absolute Gasteiger partial charge is 0.409 e. The summed E-state index contributed by atoms with van der Waals surface area (Å²) in [4.78, 5) is 31.5. The predicted molar refractivity (Wildman–Crippen MR) is 122 cm³/mol. The number of aromatic nitrogens is 3. The van der Waals surface area contributed by atoms with Gasteiger partial charge in [0.05, 0.1) is 18.5 Å². The highest BCUT2D eigenvalue weighted by Crippen LogP contribution is 2.47. The molecular formula is C24H31FN6O2. The number of hydrogen-bond acceptors (Lipinski definition) is 7. The maximum Gasteiger partial charge on any atom is 0.409 e. The molecule has 9 heteroatoms. The first-order valence-corrected chi connectivity index (χ1v) is 11.8. The first-order chi connectivity index (χ1) is 16.0. The number of carbonyl (C=O) groups is 1. The number of rotatable bonds is 4. The third-order valence-electron chi connectivity index (χ3n) is 7.30. The Bertz CT molecular complexity index is 1020. The zero-order chi connectivity index (χ0) is 23.0. The molecule has 5 rings (SSSR count). The number of aryl methyl sites for hydroxylation is 1. The number of nitrogens with zero attached hydrogens (tertiary/aromatic N) is 6. The normalized spacial score (nSPS) is 22.5. The molecule has 2 aliphatic heterocycles. The highest BCUT2D eigenvalue weighted by atomic mass is 19.1. The molecule has 1 spiro atoms. The monoisotopic (exact) mass is 454 g/mol. The van der Waals surface area contributed by atoms with E-state index in [-0.39, 0.29) is 17.3 Å². The van der Waals surface area contributed by atoms with Crippen molar-refractivity contribution in [2.75, 3.05) is 50.8 Å². The maximum absolute atomic E-state index is 14.0. The average Bonchev–Trinajstić information content (AvgIpc) is 3.24. The second-order valence-electron chi connectivity index (χ2n) is 9.54. The molecule has 1 amide bonds. The number of ether oxygens (including phenoxy) is 1. The Morgan fingerprint density at radius 1 is 1.18 bits per heavy atom. The van der Waals surface area contributed by atoms with Crippen LogP contribution >= 0.6 is 0 Å². The van der Waals surface area contributed by atoms with E-state index in [1.807, 2.05) is 24.8 Å². The van der Waals surface area contributed by atoms with Crippen molar-refractivity contribution in [2.24, 2.45) is 5.41 Å². The molecule has 3 aliphatic rings. The highest BCUT2D eigenvalue weighted by molar-refractivity contribution is 5.73. The zero-order valence-electron chi connectivity index (χ0n) is 19.3. The number of hydrogen-bond donors (Lipinski definition) is 0. The molecule has 33 heavy (non-hydrogen) atoms. The van der Waals surface area contributed by atoms with Gasteiger partial charge < -0.3 is 14.5 Å². The van der Waals surface area contributed by atoms with Gasteiger partial charge in [-0.05, 0) is 45.2 Å². The number of carbonyl (C=O) groups excluding carboxylic acids is 1. The van der Waals surface area contributed by atoms with Crippen LogP contribution in [0.4, 0.5) is 15.0 Å². The summed E-state index contributed by atoms with van der Waals surface area (Å²) in [5, 5.41) is 0. The summed E-state index contributed by atoms with van der Waals surface area (Å²) in [6.45, 7) is 9.40. The lowest BCUT2D eigenvalue weighted by molar-refractivity contribution is -0.00294. The molecule has 0 N–H and O–H groups in total. The number of amides is 1. The summed E-state index contributed by atoms with van der Waals surface area (Å²) in [6.07, 6.45) is 6.11. The molecule has 0 bridgehead atoms. The SMILES string of the molecule is CCOC(=O)N1CC2(CC[C@@H](N3CCN(c4ncc(F)cc4-c4cc(C)ncn4)CC3)C2)C1. The van der Waals surface area contributed by atoms with Crippen LogP contribution in [-0.4, -0.2) is 82.8 Å². The van der Waals surface area contributed by atoms with Crippen molar-refractivity contribution in [1.82, 2.24) is 24.8 Å². The second-order valence-corrected chi connectivity index (χ2v) is 9.54. The summed E-state index contributed by atoms with van der Waals surface area (Å²) >= 11 is 0. The van der Waals surface area contributed by atoms with Crippen molar-refractivity contribution < 1.29 is 13.9 Å². The minimum Gasteiger partial charge on any atom is -0.450 e. The topological polar surface area (TPSA) is 74.7 Å². The van der Waals surface area contributed by atoms with Gasteiger partial charge >= 0.3 is 6.09 Å². The summed E-state index contributed by atoms with van der Waals surface area (Å²) in [5.41, 5.74) is 2.52. The molecule has 176 valence electrons. The fourth-order valence-electron chi connectivity index (χ4n) is 5.66. The van der Waals surface area contributed by atoms with Crippen LogP contribution in [-0.2, 0) is 4.74 Å². The third-order valence-corrected chi connectivity index (χ3v) is 7.30. The third kappa shape index (κ3) is 4.38. The summed E-state index contributed by atoms with van der Waals surface area (Å²) < 4.78 is 19.2. The minimum atomic E-state index is -0.364. The number of anilines is 1. The molecule has 3 fully saturated rings. The van der Waals surface area contributed by atoms with Gasteiger partial charge in [0.15, 0.2) is 0 Å². The predicted octanol–water partition coefficient (Wildman–Crippen LogP) is 3.12. The quantitative estimate of drug-likeness (QED) is 0.703. The molecule has 0 radical (unpaired) electrons. The van der Waals surface area contributed by atoms with Gasteiger partial charge in [-0.2, -0.15) is 0 Å². The van der Waals surface area contributed by atoms with Gasteiger partial charge in [-0.3, -0.25) is 4.90 Å². The molecule has 1 aliphatic carbocycles. The van der Waals surface area contributed by atoms with Crippen LogP contribution in [0.1, 0.15) is 31.9 Å². The maximum atomic E-state index is 14.0. The minimum absolute atomic E-state index is 0.179. The molecule has 1 saturated carbocycles. The molecule has 1 atom stereocenters. The van der Waals surface area contributed by atoms with Crippen LogP contribution in [0.3, 0.4) is 0 Å². The zero-order valence-corrected chi connectivity index (χ0v) is 19.3. The van der Waals surface area contributed by atoms with E-state index < -0.39 is 0 Å². The van der Waals surface area contributed by atoms with Gasteiger partial charge in [0.2, 0.25) is 0 Å². The van der Waals surface area contributed by atoms with Gasteiger partial charge in [0.1, 0.15) is 18.0 Å². The molecule has 0 aromatic carbocycles. The Balaban J connectivity index is 1.21. The van der Waals surface area contributed by atoms with Crippen molar-refractivity contribution in [3.63, 3.8) is 0 Å². The van der Waals surface area contributed by atoms with Crippen molar-refractivity contribution in [1.29, 1.82) is 0 Å². The Morgan fingerprint density at radius 3 is 2.70 bits per heavy atom. The molecule has 2 aromatic heterocycles. The Labute approximate surface area is 193 Å². The number of piperazine rings is 1. The second kappa shape index (κ2) is 8.85. The van der Waals surface area contributed by atoms with Crippen molar-refractivity contribution >= 4 is 11.9 Å². The summed E-state index contributed by atoms with van der Waals surface area (Å²) in [5.74, 6) is 0.415. The van der Waals surface area contributed by atoms with Crippen LogP contribution in [0.15, 0.2) is 24.7 Å². The van der Waals surface area contributed by atoms with E-state index in [0.29, 0.717) is 23.9 Å². The lowest BCUT2D eigenvalue weighted by Gasteiger charge is -2.48. The van der Waals surface area contributed by atoms with Crippen LogP contribution < -0.4 is 4.90 Å². The summed E-state index contributed by atoms with van der Waals surface area (Å²) in [6, 6.07) is 3.94. The van der Waals surface area contributed by atoms with E-state index in [9.17, 15) is 9.18 Å². The van der Waals surface area contributed by atoms with Crippen LogP contribution in [0, 0.1) is 18.2 Å². The fraction of sp³-hybridized carbons (Fsp3) is 0.583. The Hall–Kier alpha value is -2.81. The standard InChI is InChI=1S/C24H31FN6O2/c1-3-33-23(32)31-14-24(15-31)5-4-19(12-24)29-6-8-30(9-7-29)22-20(11-18(25)13-26-22)21-10-17(2)27-16-28-21/h10-11,13,16,19H,3-9,12,14-15H2,1-2H3/t19-/m1/s1. The largest absolute Gasteiger partial charge is 0.450 e. The molecule has 4 heterocycles. The summed E-state index contributed by atoms with van der Waals surface area (Å²) in [7, 11) is 0. The van der Waals surface area contributed by atoms with Crippen molar-refractivity contribution in [3.05, 3.63) is 36.2 Å². The van der Waals surface area contributed by atoms with E-state index in [1.54, 1.807) is 0 Å². The van der Waals surface area contributed by atoms with Gasteiger partial charge in [-0.25, -0.2) is 24.1 Å². The van der Waals surface area contributed by atoms with Gasteiger partial charge in [0.25, 0.3) is 0 Å². The lowest BCUT2D eigenvalue weighted by atomic mass is 9.78. The van der Waals surface area contributed by atoms with Crippen LogP contribution in [0.2, 0.25) is 0 Å². The van der Waals surface area contributed by atoms with Crippen LogP contribution in [0.25, 0.3) is 11.3 Å². The lowest BCUT2D eigenvalue weighted by Crippen LogP contribution is -2.58. The van der Waals surface area contributed by atoms with Crippen LogP contribution in [0.5, 0.6) is 0 Å². The number of likely N-dealkylation sites (tertiary alicyclic amines) is 1. The molecular weight excluding hydrogens is 423 g/mol. The van der Waals surface area contributed by atoms with E-state index in [0.717, 1.165) is 57.2 Å². The molecule has 2 aromatic rings. The van der Waals surface area contributed by atoms with E-state index in [2.05, 4.69) is 24.8 Å². The first-order valence-electron chi connectivity index (χ1n) is 11.8. The molecule has 2 saturated heterocycles. The molecule has 0 unspecified atom stereocenters. The van der Waals surface area contributed by atoms with Gasteiger partial charge in [0, 0.05) is 62.0 Å². The fourth-order valence-corrected chi connectivity index (χ4v) is 5.66. The number of pyridine rings is 1. The first kappa shape index (κ1) is 22.0. The van der Waals surface area contributed by atoms with E-state index in [1.165, 1.54) is 31.4 Å². The van der Waals surface area contributed by atoms with E-state index in [4.69, 9.17) is 4.74 Å². The van der Waals surface area contributed by atoms with Crippen molar-refractivity contribution in [3.8, 4) is 11.3 Å². The highest BCUT2D eigenvalue weighted by Gasteiger charge is 2.51. The Morgan fingerprint density at radius 2 is 1.97 bits per heavy atom. The molecule has 8 nitrogen and oxygen atoms in total.